The number of aryl methyl sites for hydroxylation is 1. The molecule has 0 fully saturated rings. The van der Waals surface area contributed by atoms with Crippen molar-refractivity contribution in [2.45, 2.75) is 13.8 Å². The lowest BCUT2D eigenvalue weighted by atomic mass is 10.1. The SMILES string of the molecule is CC(=O)COc1ccc2c(c1)O/C(=C/c1cccc(C)c1)C2=O. The van der Waals surface area contributed by atoms with Gasteiger partial charge in [0.1, 0.15) is 18.1 Å². The van der Waals surface area contributed by atoms with Gasteiger partial charge in [-0.3, -0.25) is 9.59 Å². The number of hydrogen-bond donors (Lipinski definition) is 0. The first-order chi connectivity index (χ1) is 11.0. The smallest absolute Gasteiger partial charge is 0.231 e. The Hall–Kier alpha value is -2.88. The van der Waals surface area contributed by atoms with Gasteiger partial charge in [0, 0.05) is 6.07 Å². The minimum Gasteiger partial charge on any atom is -0.486 e. The molecule has 0 bridgehead atoms. The molecule has 2 aromatic rings. The minimum atomic E-state index is -0.153. The standard InChI is InChI=1S/C19H16O4/c1-12-4-3-5-14(8-12)9-18-19(21)16-7-6-15(10-17(16)23-18)22-11-13(2)20/h3-10H,11H2,1-2H3/b18-9+. The fraction of sp³-hybridized carbons (Fsp3) is 0.158. The van der Waals surface area contributed by atoms with Crippen LogP contribution in [0.2, 0.25) is 0 Å². The van der Waals surface area contributed by atoms with Crippen LogP contribution in [0.25, 0.3) is 6.08 Å². The molecule has 0 aromatic heterocycles. The molecule has 0 spiro atoms. The third kappa shape index (κ3) is 3.31. The van der Waals surface area contributed by atoms with E-state index < -0.39 is 0 Å². The Morgan fingerprint density at radius 2 is 2.04 bits per heavy atom. The van der Waals surface area contributed by atoms with Gasteiger partial charge < -0.3 is 9.47 Å². The molecule has 3 rings (SSSR count). The van der Waals surface area contributed by atoms with Crippen molar-refractivity contribution in [3.05, 3.63) is 64.9 Å². The summed E-state index contributed by atoms with van der Waals surface area (Å²) in [4.78, 5) is 23.3. The molecule has 1 heterocycles. The minimum absolute atomic E-state index is 0.00127. The number of Topliss-reactive ketones (excluding diaryl/α,β-unsaturated/α-hetero) is 2. The first-order valence-corrected chi connectivity index (χ1v) is 7.30. The second kappa shape index (κ2) is 6.08. The van der Waals surface area contributed by atoms with Crippen LogP contribution in [0.3, 0.4) is 0 Å². The lowest BCUT2D eigenvalue weighted by molar-refractivity contribution is -0.118. The summed E-state index contributed by atoms with van der Waals surface area (Å²) in [7, 11) is 0. The number of carbonyl (C=O) groups excluding carboxylic acids is 2. The maximum atomic E-state index is 12.4. The van der Waals surface area contributed by atoms with E-state index in [0.29, 0.717) is 17.1 Å². The van der Waals surface area contributed by atoms with Gasteiger partial charge in [-0.15, -0.1) is 0 Å². The molecule has 116 valence electrons. The summed E-state index contributed by atoms with van der Waals surface area (Å²) in [6.07, 6.45) is 1.73. The topological polar surface area (TPSA) is 52.6 Å². The molecule has 23 heavy (non-hydrogen) atoms. The van der Waals surface area contributed by atoms with Gasteiger partial charge in [0.15, 0.2) is 11.5 Å². The number of benzene rings is 2. The predicted molar refractivity (Wildman–Crippen MR) is 86.7 cm³/mol. The highest BCUT2D eigenvalue weighted by Crippen LogP contribution is 2.34. The Morgan fingerprint density at radius 1 is 1.22 bits per heavy atom. The Labute approximate surface area is 134 Å². The Morgan fingerprint density at radius 3 is 2.78 bits per heavy atom. The highest BCUT2D eigenvalue weighted by atomic mass is 16.5. The summed E-state index contributed by atoms with van der Waals surface area (Å²) in [5, 5.41) is 0. The molecular weight excluding hydrogens is 292 g/mol. The van der Waals surface area contributed by atoms with Crippen LogP contribution in [0.15, 0.2) is 48.2 Å². The van der Waals surface area contributed by atoms with Crippen LogP contribution in [-0.2, 0) is 4.79 Å². The molecule has 1 aliphatic rings. The van der Waals surface area contributed by atoms with Crippen LogP contribution < -0.4 is 9.47 Å². The van der Waals surface area contributed by atoms with Gasteiger partial charge in [-0.25, -0.2) is 0 Å². The number of carbonyl (C=O) groups is 2. The maximum absolute atomic E-state index is 12.4. The summed E-state index contributed by atoms with van der Waals surface area (Å²) in [5.41, 5.74) is 2.52. The number of ether oxygens (including phenoxy) is 2. The molecule has 0 radical (unpaired) electrons. The second-order valence-electron chi connectivity index (χ2n) is 5.50. The van der Waals surface area contributed by atoms with E-state index in [1.807, 2.05) is 31.2 Å². The first-order valence-electron chi connectivity index (χ1n) is 7.30. The monoisotopic (exact) mass is 308 g/mol. The molecule has 2 aromatic carbocycles. The Bertz CT molecular complexity index is 818. The summed E-state index contributed by atoms with van der Waals surface area (Å²) in [6.45, 7) is 3.45. The van der Waals surface area contributed by atoms with Crippen LogP contribution in [-0.4, -0.2) is 18.2 Å². The van der Waals surface area contributed by atoms with Crippen molar-refractivity contribution in [1.29, 1.82) is 0 Å². The third-order valence-electron chi connectivity index (χ3n) is 3.42. The van der Waals surface area contributed by atoms with Gasteiger partial charge >= 0.3 is 0 Å². The number of hydrogen-bond acceptors (Lipinski definition) is 4. The van der Waals surface area contributed by atoms with Crippen molar-refractivity contribution in [2.75, 3.05) is 6.61 Å². The molecule has 4 nitrogen and oxygen atoms in total. The summed E-state index contributed by atoms with van der Waals surface area (Å²) in [5.74, 6) is 1.02. The third-order valence-corrected chi connectivity index (χ3v) is 3.42. The average molecular weight is 308 g/mol. The number of fused-ring (bicyclic) bond motifs is 1. The normalized spacial score (nSPS) is 14.5. The van der Waals surface area contributed by atoms with Gasteiger partial charge in [-0.2, -0.15) is 0 Å². The first kappa shape index (κ1) is 15.0. The van der Waals surface area contributed by atoms with Crippen LogP contribution >= 0.6 is 0 Å². The molecule has 4 heteroatoms. The lowest BCUT2D eigenvalue weighted by Crippen LogP contribution is -2.06. The zero-order chi connectivity index (χ0) is 16.4. The maximum Gasteiger partial charge on any atom is 0.231 e. The summed E-state index contributed by atoms with van der Waals surface area (Å²) >= 11 is 0. The fourth-order valence-corrected chi connectivity index (χ4v) is 2.35. The van der Waals surface area contributed by atoms with Crippen molar-refractivity contribution in [2.24, 2.45) is 0 Å². The van der Waals surface area contributed by atoms with Gasteiger partial charge in [0.25, 0.3) is 0 Å². The van der Waals surface area contributed by atoms with Gasteiger partial charge in [-0.05, 0) is 37.6 Å². The molecule has 0 saturated heterocycles. The Kier molecular flexibility index (Phi) is 3.98. The molecule has 1 aliphatic heterocycles. The molecule has 0 atom stereocenters. The molecule has 0 amide bonds. The quantitative estimate of drug-likeness (QED) is 0.810. The predicted octanol–water partition coefficient (Wildman–Crippen LogP) is 3.58. The van der Waals surface area contributed by atoms with E-state index in [1.54, 1.807) is 24.3 Å². The average Bonchev–Trinajstić information content (AvgIpc) is 2.81. The van der Waals surface area contributed by atoms with Gasteiger partial charge in [0.05, 0.1) is 5.56 Å². The van der Waals surface area contributed by atoms with Crippen LogP contribution in [0.1, 0.15) is 28.4 Å². The second-order valence-corrected chi connectivity index (χ2v) is 5.50. The zero-order valence-electron chi connectivity index (χ0n) is 13.0. The van der Waals surface area contributed by atoms with Crippen molar-refractivity contribution in [3.8, 4) is 11.5 Å². The number of allylic oxidation sites excluding steroid dienone is 1. The van der Waals surface area contributed by atoms with Crippen LogP contribution in [0, 0.1) is 6.92 Å². The summed E-state index contributed by atoms with van der Waals surface area (Å²) in [6, 6.07) is 12.8. The molecular formula is C19H16O4. The molecule has 0 saturated carbocycles. The van der Waals surface area contributed by atoms with Crippen molar-refractivity contribution in [3.63, 3.8) is 0 Å². The largest absolute Gasteiger partial charge is 0.486 e. The van der Waals surface area contributed by atoms with E-state index in [9.17, 15) is 9.59 Å². The number of ketones is 2. The van der Waals surface area contributed by atoms with E-state index in [2.05, 4.69) is 0 Å². The van der Waals surface area contributed by atoms with E-state index in [4.69, 9.17) is 9.47 Å². The van der Waals surface area contributed by atoms with Crippen LogP contribution in [0.5, 0.6) is 11.5 Å². The highest BCUT2D eigenvalue weighted by Gasteiger charge is 2.27. The van der Waals surface area contributed by atoms with E-state index in [1.165, 1.54) is 6.92 Å². The fourth-order valence-electron chi connectivity index (χ4n) is 2.35. The van der Waals surface area contributed by atoms with E-state index in [0.717, 1.165) is 11.1 Å². The number of rotatable bonds is 4. The van der Waals surface area contributed by atoms with Crippen molar-refractivity contribution in [1.82, 2.24) is 0 Å². The van der Waals surface area contributed by atoms with Crippen molar-refractivity contribution >= 4 is 17.6 Å². The molecule has 0 unspecified atom stereocenters. The highest BCUT2D eigenvalue weighted by molar-refractivity contribution is 6.14. The molecule has 0 aliphatic carbocycles. The van der Waals surface area contributed by atoms with E-state index in [-0.39, 0.29) is 23.9 Å². The van der Waals surface area contributed by atoms with Crippen LogP contribution in [0.4, 0.5) is 0 Å². The zero-order valence-corrected chi connectivity index (χ0v) is 13.0. The Balaban J connectivity index is 1.85. The van der Waals surface area contributed by atoms with Crippen molar-refractivity contribution < 1.29 is 19.1 Å². The van der Waals surface area contributed by atoms with Gasteiger partial charge in [0.2, 0.25) is 5.78 Å². The van der Waals surface area contributed by atoms with Gasteiger partial charge in [-0.1, -0.05) is 29.8 Å². The lowest BCUT2D eigenvalue weighted by Gasteiger charge is -2.04. The van der Waals surface area contributed by atoms with E-state index >= 15 is 0 Å². The summed E-state index contributed by atoms with van der Waals surface area (Å²) < 4.78 is 11.0. The molecule has 0 N–H and O–H groups in total.